The highest BCUT2D eigenvalue weighted by molar-refractivity contribution is 7.86. The number of rotatable bonds is 5. The molecule has 3 heterocycles. The molecule has 0 radical (unpaired) electrons. The van der Waals surface area contributed by atoms with Crippen molar-refractivity contribution in [1.82, 2.24) is 28.8 Å². The summed E-state index contributed by atoms with van der Waals surface area (Å²) in [5.41, 5.74) is 3.46. The predicted molar refractivity (Wildman–Crippen MR) is 95.0 cm³/mol. The predicted octanol–water partition coefficient (Wildman–Crippen LogP) is 1.24. The summed E-state index contributed by atoms with van der Waals surface area (Å²) in [5, 5.41) is 7.13. The van der Waals surface area contributed by atoms with E-state index in [1.165, 1.54) is 4.31 Å². The summed E-state index contributed by atoms with van der Waals surface area (Å²) < 4.78 is 27.2. The molecule has 3 rings (SSSR count). The topological polar surface area (TPSA) is 95.1 Å². The SMILES string of the molecule is Cc1cc(-c2cncc(CC3CCN(S(=O)(=O)N(C)C)CC3)n2)n[nH]1. The molecule has 2 aromatic heterocycles. The maximum atomic E-state index is 12.2. The lowest BCUT2D eigenvalue weighted by Gasteiger charge is -2.32. The van der Waals surface area contributed by atoms with Crippen LogP contribution in [0.1, 0.15) is 24.2 Å². The average molecular weight is 364 g/mol. The van der Waals surface area contributed by atoms with Gasteiger partial charge in [0.25, 0.3) is 10.2 Å². The molecular formula is C16H24N6O2S. The largest absolute Gasteiger partial charge is 0.282 e. The van der Waals surface area contributed by atoms with E-state index in [1.807, 2.05) is 13.0 Å². The summed E-state index contributed by atoms with van der Waals surface area (Å²) in [5.74, 6) is 0.416. The van der Waals surface area contributed by atoms with Crippen molar-refractivity contribution >= 4 is 10.2 Å². The van der Waals surface area contributed by atoms with Crippen LogP contribution in [0.25, 0.3) is 11.4 Å². The molecule has 1 aliphatic heterocycles. The van der Waals surface area contributed by atoms with Crippen LogP contribution in [0.5, 0.6) is 0 Å². The highest BCUT2D eigenvalue weighted by Crippen LogP contribution is 2.24. The molecule has 0 amide bonds. The zero-order valence-corrected chi connectivity index (χ0v) is 15.6. The molecule has 0 unspecified atom stereocenters. The van der Waals surface area contributed by atoms with Crippen LogP contribution in [0.15, 0.2) is 18.5 Å². The lowest BCUT2D eigenvalue weighted by molar-refractivity contribution is 0.261. The molecule has 1 saturated heterocycles. The van der Waals surface area contributed by atoms with Gasteiger partial charge in [-0.3, -0.25) is 10.1 Å². The molecule has 25 heavy (non-hydrogen) atoms. The molecular weight excluding hydrogens is 340 g/mol. The molecule has 0 aromatic carbocycles. The first-order valence-corrected chi connectivity index (χ1v) is 9.77. The molecule has 0 spiro atoms. The average Bonchev–Trinajstić information content (AvgIpc) is 3.02. The Labute approximate surface area is 148 Å². The van der Waals surface area contributed by atoms with Gasteiger partial charge in [0.15, 0.2) is 0 Å². The van der Waals surface area contributed by atoms with E-state index in [0.29, 0.717) is 19.0 Å². The first kappa shape index (κ1) is 18.0. The van der Waals surface area contributed by atoms with Crippen molar-refractivity contribution in [3.05, 3.63) is 29.8 Å². The Bertz CT molecular complexity index is 825. The molecule has 9 heteroatoms. The van der Waals surface area contributed by atoms with Crippen molar-refractivity contribution in [2.24, 2.45) is 5.92 Å². The minimum Gasteiger partial charge on any atom is -0.282 e. The van der Waals surface area contributed by atoms with Crippen molar-refractivity contribution in [2.75, 3.05) is 27.2 Å². The van der Waals surface area contributed by atoms with Gasteiger partial charge < -0.3 is 0 Å². The minimum absolute atomic E-state index is 0.416. The second-order valence-corrected chi connectivity index (χ2v) is 8.81. The first-order valence-electron chi connectivity index (χ1n) is 8.37. The van der Waals surface area contributed by atoms with Crippen LogP contribution in [0.3, 0.4) is 0 Å². The third-order valence-corrected chi connectivity index (χ3v) is 6.45. The van der Waals surface area contributed by atoms with Gasteiger partial charge in [-0.1, -0.05) is 0 Å². The highest BCUT2D eigenvalue weighted by Gasteiger charge is 2.29. The van der Waals surface area contributed by atoms with Crippen molar-refractivity contribution in [1.29, 1.82) is 0 Å². The van der Waals surface area contributed by atoms with E-state index in [2.05, 4.69) is 20.2 Å². The van der Waals surface area contributed by atoms with E-state index < -0.39 is 10.2 Å². The molecule has 1 fully saturated rings. The molecule has 1 aliphatic rings. The molecule has 136 valence electrons. The van der Waals surface area contributed by atoms with Gasteiger partial charge in [0.2, 0.25) is 0 Å². The number of nitrogens with one attached hydrogen (secondary N) is 1. The Hall–Kier alpha value is -1.84. The summed E-state index contributed by atoms with van der Waals surface area (Å²) in [4.78, 5) is 8.95. The number of H-pyrrole nitrogens is 1. The van der Waals surface area contributed by atoms with Crippen LogP contribution in [0.2, 0.25) is 0 Å². The molecule has 8 nitrogen and oxygen atoms in total. The normalized spacial score (nSPS) is 17.3. The number of aryl methyl sites for hydroxylation is 1. The molecule has 0 atom stereocenters. The van der Waals surface area contributed by atoms with Gasteiger partial charge in [-0.25, -0.2) is 4.98 Å². The van der Waals surface area contributed by atoms with E-state index in [1.54, 1.807) is 30.8 Å². The molecule has 0 bridgehead atoms. The number of nitrogens with zero attached hydrogens (tertiary/aromatic N) is 5. The van der Waals surface area contributed by atoms with E-state index >= 15 is 0 Å². The number of hydrogen-bond acceptors (Lipinski definition) is 5. The Morgan fingerprint density at radius 2 is 1.96 bits per heavy atom. The van der Waals surface area contributed by atoms with Gasteiger partial charge >= 0.3 is 0 Å². The van der Waals surface area contributed by atoms with Gasteiger partial charge in [0, 0.05) is 39.1 Å². The number of piperidine rings is 1. The van der Waals surface area contributed by atoms with Crippen molar-refractivity contribution < 1.29 is 8.42 Å². The standard InChI is InChI=1S/C16H24N6O2S/c1-12-8-15(20-19-12)16-11-17-10-14(18-16)9-13-4-6-22(7-5-13)25(23,24)21(2)3/h8,10-11,13H,4-7,9H2,1-3H3,(H,19,20). The maximum absolute atomic E-state index is 12.2. The molecule has 0 aliphatic carbocycles. The maximum Gasteiger partial charge on any atom is 0.281 e. The summed E-state index contributed by atoms with van der Waals surface area (Å²) in [7, 11) is -0.172. The second kappa shape index (κ2) is 7.19. The van der Waals surface area contributed by atoms with Crippen LogP contribution >= 0.6 is 0 Å². The summed E-state index contributed by atoms with van der Waals surface area (Å²) >= 11 is 0. The zero-order valence-electron chi connectivity index (χ0n) is 14.8. The quantitative estimate of drug-likeness (QED) is 0.861. The third-order valence-electron chi connectivity index (χ3n) is 4.51. The monoisotopic (exact) mass is 364 g/mol. The summed E-state index contributed by atoms with van der Waals surface area (Å²) in [6.45, 7) is 3.05. The third kappa shape index (κ3) is 4.05. The fourth-order valence-electron chi connectivity index (χ4n) is 3.05. The van der Waals surface area contributed by atoms with Crippen LogP contribution in [-0.4, -0.2) is 64.4 Å². The Morgan fingerprint density at radius 3 is 2.56 bits per heavy atom. The fourth-order valence-corrected chi connectivity index (χ4v) is 4.18. The van der Waals surface area contributed by atoms with E-state index in [9.17, 15) is 8.42 Å². The Balaban J connectivity index is 1.63. The van der Waals surface area contributed by atoms with Crippen molar-refractivity contribution in [3.8, 4) is 11.4 Å². The van der Waals surface area contributed by atoms with E-state index in [-0.39, 0.29) is 0 Å². The number of hydrogen-bond donors (Lipinski definition) is 1. The smallest absolute Gasteiger partial charge is 0.281 e. The van der Waals surface area contributed by atoms with E-state index in [0.717, 1.165) is 42.0 Å². The number of aromatic amines is 1. The Morgan fingerprint density at radius 1 is 1.24 bits per heavy atom. The van der Waals surface area contributed by atoms with Crippen molar-refractivity contribution in [2.45, 2.75) is 26.2 Å². The van der Waals surface area contributed by atoms with Gasteiger partial charge in [-0.15, -0.1) is 0 Å². The van der Waals surface area contributed by atoms with Gasteiger partial charge in [-0.05, 0) is 38.2 Å². The molecule has 2 aromatic rings. The van der Waals surface area contributed by atoms with Crippen molar-refractivity contribution in [3.63, 3.8) is 0 Å². The lowest BCUT2D eigenvalue weighted by Crippen LogP contribution is -2.44. The highest BCUT2D eigenvalue weighted by atomic mass is 32.2. The number of aromatic nitrogens is 4. The van der Waals surface area contributed by atoms with E-state index in [4.69, 9.17) is 0 Å². The second-order valence-electron chi connectivity index (χ2n) is 6.67. The van der Waals surface area contributed by atoms with Gasteiger partial charge in [-0.2, -0.15) is 22.1 Å². The Kier molecular flexibility index (Phi) is 5.16. The fraction of sp³-hybridized carbons (Fsp3) is 0.562. The summed E-state index contributed by atoms with van der Waals surface area (Å²) in [6.07, 6.45) is 5.97. The summed E-state index contributed by atoms with van der Waals surface area (Å²) in [6, 6.07) is 1.94. The first-order chi connectivity index (χ1) is 11.9. The zero-order chi connectivity index (χ0) is 18.0. The van der Waals surface area contributed by atoms with Gasteiger partial charge in [0.05, 0.1) is 11.9 Å². The molecule has 0 saturated carbocycles. The molecule has 1 N–H and O–H groups in total. The van der Waals surface area contributed by atoms with Crippen LogP contribution in [0, 0.1) is 12.8 Å². The van der Waals surface area contributed by atoms with Crippen LogP contribution < -0.4 is 0 Å². The van der Waals surface area contributed by atoms with Crippen LogP contribution in [0.4, 0.5) is 0 Å². The minimum atomic E-state index is -3.31. The van der Waals surface area contributed by atoms with Gasteiger partial charge in [0.1, 0.15) is 11.4 Å². The lowest BCUT2D eigenvalue weighted by atomic mass is 9.93. The van der Waals surface area contributed by atoms with Crippen LogP contribution in [-0.2, 0) is 16.6 Å².